The van der Waals surface area contributed by atoms with Crippen molar-refractivity contribution in [3.8, 4) is 0 Å². The largest absolute Gasteiger partial charge is 0.478 e. The molecule has 6 nitrogen and oxygen atoms in total. The number of anilines is 1. The molecule has 1 atom stereocenters. The highest BCUT2D eigenvalue weighted by Crippen LogP contribution is 2.16. The number of aliphatic carboxylic acids is 1. The Balaban J connectivity index is 2.73. The van der Waals surface area contributed by atoms with Crippen LogP contribution in [-0.2, 0) is 20.9 Å². The molecule has 21 heavy (non-hydrogen) atoms. The van der Waals surface area contributed by atoms with Gasteiger partial charge in [-0.25, -0.2) is 4.79 Å². The molecule has 7 heteroatoms. The zero-order chi connectivity index (χ0) is 16.0. The summed E-state index contributed by atoms with van der Waals surface area (Å²) in [6.07, 6.45) is 0. The van der Waals surface area contributed by atoms with Gasteiger partial charge < -0.3 is 20.1 Å². The molecule has 0 saturated heterocycles. The highest BCUT2D eigenvalue weighted by molar-refractivity contribution is 7.81. The third-order valence-electron chi connectivity index (χ3n) is 2.91. The van der Waals surface area contributed by atoms with E-state index in [0.717, 1.165) is 11.3 Å². The molecule has 116 valence electrons. The fourth-order valence-electron chi connectivity index (χ4n) is 1.57. The van der Waals surface area contributed by atoms with E-state index < -0.39 is 17.6 Å². The average Bonchev–Trinajstić information content (AvgIpc) is 2.45. The molecule has 0 aliphatic rings. The molecular formula is C14H20N2O4S. The third-order valence-corrected chi connectivity index (χ3v) is 3.20. The molecule has 1 unspecified atom stereocenters. The van der Waals surface area contributed by atoms with Gasteiger partial charge in [0.2, 0.25) is 11.6 Å². The first-order valence-corrected chi connectivity index (χ1v) is 6.97. The Hall–Kier alpha value is -1.73. The Labute approximate surface area is 129 Å². The first-order valence-electron chi connectivity index (χ1n) is 6.34. The fraction of sp³-hybridized carbons (Fsp3) is 0.429. The van der Waals surface area contributed by atoms with Crippen molar-refractivity contribution in [1.82, 2.24) is 5.32 Å². The summed E-state index contributed by atoms with van der Waals surface area (Å²) in [5.41, 5.74) is 0.0661. The number of ether oxygens (including phenoxy) is 1. The van der Waals surface area contributed by atoms with Crippen molar-refractivity contribution >= 4 is 30.2 Å². The summed E-state index contributed by atoms with van der Waals surface area (Å²) < 4.78 is 5.37. The number of nitrogens with zero attached hydrogens (tertiary/aromatic N) is 1. The van der Waals surface area contributed by atoms with E-state index in [4.69, 9.17) is 4.74 Å². The molecule has 0 radical (unpaired) electrons. The Kier molecular flexibility index (Phi) is 6.04. The highest BCUT2D eigenvalue weighted by Gasteiger charge is 2.35. The lowest BCUT2D eigenvalue weighted by atomic mass is 10.2. The van der Waals surface area contributed by atoms with Gasteiger partial charge in [0, 0.05) is 19.8 Å². The van der Waals surface area contributed by atoms with Crippen molar-refractivity contribution in [3.05, 3.63) is 29.8 Å². The summed E-state index contributed by atoms with van der Waals surface area (Å²) in [5.74, 6) is -1.88. The normalized spacial score (nSPS) is 13.3. The molecule has 0 bridgehead atoms. The van der Waals surface area contributed by atoms with Crippen molar-refractivity contribution in [2.45, 2.75) is 19.3 Å². The second-order valence-corrected chi connectivity index (χ2v) is 5.21. The van der Waals surface area contributed by atoms with Crippen LogP contribution in [0.2, 0.25) is 0 Å². The quantitative estimate of drug-likeness (QED) is 0.519. The second-order valence-electron chi connectivity index (χ2n) is 4.89. The Morgan fingerprint density at radius 1 is 1.33 bits per heavy atom. The Morgan fingerprint density at radius 2 is 1.90 bits per heavy atom. The third kappa shape index (κ3) is 4.95. The summed E-state index contributed by atoms with van der Waals surface area (Å²) >= 11 is 3.80. The van der Waals surface area contributed by atoms with Crippen LogP contribution in [0.15, 0.2) is 24.3 Å². The number of benzene rings is 1. The van der Waals surface area contributed by atoms with E-state index in [1.165, 1.54) is 6.92 Å². The maximum absolute atomic E-state index is 11.3. The molecule has 0 heterocycles. The van der Waals surface area contributed by atoms with Gasteiger partial charge in [-0.15, -0.1) is 0 Å². The monoisotopic (exact) mass is 312 g/mol. The van der Waals surface area contributed by atoms with Crippen LogP contribution in [0.5, 0.6) is 0 Å². The van der Waals surface area contributed by atoms with Crippen LogP contribution in [0, 0.1) is 0 Å². The standard InChI is InChI=1S/C14H20N2O4S/c1-14(13(18)19,15-12(17)9-21)20-8-10-4-6-11(7-5-10)16(2)3/h4-7,21H,8-9H2,1-3H3,(H,15,17)(H,18,19). The van der Waals surface area contributed by atoms with Crippen LogP contribution >= 0.6 is 12.6 Å². The number of carboxylic acid groups (broad SMARTS) is 1. The molecule has 0 aliphatic heterocycles. The zero-order valence-electron chi connectivity index (χ0n) is 12.3. The molecule has 1 aromatic rings. The number of hydrogen-bond acceptors (Lipinski definition) is 5. The van der Waals surface area contributed by atoms with E-state index in [9.17, 15) is 14.7 Å². The lowest BCUT2D eigenvalue weighted by molar-refractivity contribution is -0.173. The van der Waals surface area contributed by atoms with Gasteiger partial charge in [0.05, 0.1) is 12.4 Å². The Bertz CT molecular complexity index is 504. The molecule has 1 rings (SSSR count). The summed E-state index contributed by atoms with van der Waals surface area (Å²) in [6, 6.07) is 7.50. The minimum atomic E-state index is -1.78. The van der Waals surface area contributed by atoms with Gasteiger partial charge in [0.25, 0.3) is 0 Å². The van der Waals surface area contributed by atoms with E-state index in [1.807, 2.05) is 43.3 Å². The van der Waals surface area contributed by atoms with Gasteiger partial charge in [0.15, 0.2) is 0 Å². The zero-order valence-corrected chi connectivity index (χ0v) is 13.2. The van der Waals surface area contributed by atoms with Crippen molar-refractivity contribution in [2.75, 3.05) is 24.7 Å². The van der Waals surface area contributed by atoms with Gasteiger partial charge in [-0.1, -0.05) is 12.1 Å². The Morgan fingerprint density at radius 3 is 2.33 bits per heavy atom. The predicted octanol–water partition coefficient (Wildman–Crippen LogP) is 1.12. The van der Waals surface area contributed by atoms with Crippen LogP contribution in [0.1, 0.15) is 12.5 Å². The maximum atomic E-state index is 11.3. The van der Waals surface area contributed by atoms with E-state index in [1.54, 1.807) is 0 Å². The van der Waals surface area contributed by atoms with Crippen LogP contribution in [0.4, 0.5) is 5.69 Å². The number of hydrogen-bond donors (Lipinski definition) is 3. The molecule has 0 fully saturated rings. The number of carboxylic acids is 1. The first-order chi connectivity index (χ1) is 9.78. The van der Waals surface area contributed by atoms with Crippen molar-refractivity contribution < 1.29 is 19.4 Å². The number of rotatable bonds is 7. The number of thiol groups is 1. The van der Waals surface area contributed by atoms with Gasteiger partial charge in [-0.05, 0) is 24.6 Å². The molecule has 1 amide bonds. The van der Waals surface area contributed by atoms with E-state index >= 15 is 0 Å². The minimum absolute atomic E-state index is 0.0728. The maximum Gasteiger partial charge on any atom is 0.357 e. The smallest absolute Gasteiger partial charge is 0.357 e. The number of carbonyl (C=O) groups is 2. The van der Waals surface area contributed by atoms with E-state index in [-0.39, 0.29) is 12.4 Å². The summed E-state index contributed by atoms with van der Waals surface area (Å²) in [7, 11) is 3.86. The van der Waals surface area contributed by atoms with E-state index in [0.29, 0.717) is 0 Å². The SMILES string of the molecule is CN(C)c1ccc(COC(C)(NC(=O)CS)C(=O)O)cc1. The molecule has 0 saturated carbocycles. The van der Waals surface area contributed by atoms with Gasteiger partial charge >= 0.3 is 5.97 Å². The molecule has 0 aliphatic carbocycles. The van der Waals surface area contributed by atoms with Gasteiger partial charge in [0.1, 0.15) is 0 Å². The van der Waals surface area contributed by atoms with Gasteiger partial charge in [-0.3, -0.25) is 4.79 Å². The summed E-state index contributed by atoms with van der Waals surface area (Å²) in [4.78, 5) is 24.5. The topological polar surface area (TPSA) is 78.9 Å². The summed E-state index contributed by atoms with van der Waals surface area (Å²) in [6.45, 7) is 1.37. The molecular weight excluding hydrogens is 292 g/mol. The lowest BCUT2D eigenvalue weighted by Crippen LogP contribution is -2.54. The number of carbonyl (C=O) groups excluding carboxylic acids is 1. The van der Waals surface area contributed by atoms with Crippen LogP contribution in [0.25, 0.3) is 0 Å². The number of nitrogens with one attached hydrogen (secondary N) is 1. The lowest BCUT2D eigenvalue weighted by Gasteiger charge is -2.26. The second kappa shape index (κ2) is 7.33. The molecule has 0 aromatic heterocycles. The van der Waals surface area contributed by atoms with E-state index in [2.05, 4.69) is 17.9 Å². The summed E-state index contributed by atoms with van der Waals surface area (Å²) in [5, 5.41) is 11.5. The van der Waals surface area contributed by atoms with Gasteiger partial charge in [-0.2, -0.15) is 12.6 Å². The fourth-order valence-corrected chi connectivity index (χ4v) is 1.65. The predicted molar refractivity (Wildman–Crippen MR) is 83.6 cm³/mol. The molecule has 0 spiro atoms. The van der Waals surface area contributed by atoms with Crippen molar-refractivity contribution in [1.29, 1.82) is 0 Å². The van der Waals surface area contributed by atoms with Crippen LogP contribution in [0.3, 0.4) is 0 Å². The molecule has 1 aromatic carbocycles. The average molecular weight is 312 g/mol. The van der Waals surface area contributed by atoms with Crippen molar-refractivity contribution in [2.24, 2.45) is 0 Å². The molecule has 2 N–H and O–H groups in total. The number of amides is 1. The van der Waals surface area contributed by atoms with Crippen molar-refractivity contribution in [3.63, 3.8) is 0 Å². The van der Waals surface area contributed by atoms with Crippen LogP contribution in [-0.4, -0.2) is 42.6 Å². The first kappa shape index (κ1) is 17.3. The minimum Gasteiger partial charge on any atom is -0.478 e. The highest BCUT2D eigenvalue weighted by atomic mass is 32.1. The van der Waals surface area contributed by atoms with Crippen LogP contribution < -0.4 is 10.2 Å².